The molecule has 1 unspecified atom stereocenters. The van der Waals surface area contributed by atoms with E-state index in [0.29, 0.717) is 25.6 Å². The van der Waals surface area contributed by atoms with Gasteiger partial charge in [0, 0.05) is 35.3 Å². The van der Waals surface area contributed by atoms with Crippen LogP contribution >= 0.6 is 39.1 Å². The smallest absolute Gasteiger partial charge is 0.311 e. The Hall–Kier alpha value is -2.23. The maximum atomic E-state index is 15.9. The normalized spacial score (nSPS) is 18.4. The van der Waals surface area contributed by atoms with E-state index in [1.165, 1.54) is 18.1 Å². The minimum Gasteiger partial charge on any atom is -0.466 e. The summed E-state index contributed by atoms with van der Waals surface area (Å²) in [6, 6.07) is 16.3. The molecule has 0 aromatic heterocycles. The molecule has 0 N–H and O–H groups in total. The first-order chi connectivity index (χ1) is 18.8. The SMILES string of the molecule is CO[C@]1(c2ccc(Cl)cc2)c2c(F)cc(Br)cc2C(=O)N1C(c1ccc(Cl)cc1)[C@H](C)C(=O)OCC[Si](C)(C)C. The molecule has 0 aliphatic carbocycles. The van der Waals surface area contributed by atoms with Gasteiger partial charge in [0.2, 0.25) is 0 Å². The number of carbonyl (C=O) groups excluding carboxylic acids is 2. The molecule has 3 aromatic carbocycles. The molecule has 10 heteroatoms. The Labute approximate surface area is 253 Å². The monoisotopic (exact) mass is 665 g/mol. The summed E-state index contributed by atoms with van der Waals surface area (Å²) in [7, 11) is -0.0405. The highest BCUT2D eigenvalue weighted by molar-refractivity contribution is 9.10. The third-order valence-corrected chi connectivity index (χ3v) is 9.81. The van der Waals surface area contributed by atoms with Crippen LogP contribution in [0.2, 0.25) is 35.7 Å². The van der Waals surface area contributed by atoms with Crippen LogP contribution < -0.4 is 0 Å². The molecule has 1 heterocycles. The number of ether oxygens (including phenoxy) is 2. The summed E-state index contributed by atoms with van der Waals surface area (Å²) >= 11 is 15.7. The van der Waals surface area contributed by atoms with Gasteiger partial charge in [0.15, 0.2) is 5.72 Å². The van der Waals surface area contributed by atoms with Gasteiger partial charge in [-0.15, -0.1) is 0 Å². The van der Waals surface area contributed by atoms with E-state index in [1.807, 2.05) is 0 Å². The number of amides is 1. The van der Waals surface area contributed by atoms with Gasteiger partial charge in [-0.05, 0) is 54.9 Å². The van der Waals surface area contributed by atoms with Gasteiger partial charge in [-0.3, -0.25) is 14.5 Å². The summed E-state index contributed by atoms with van der Waals surface area (Å²) < 4.78 is 28.2. The van der Waals surface area contributed by atoms with Gasteiger partial charge in [-0.1, -0.05) is 83.0 Å². The number of halogens is 4. The Balaban J connectivity index is 1.93. The van der Waals surface area contributed by atoms with E-state index in [2.05, 4.69) is 35.6 Å². The van der Waals surface area contributed by atoms with E-state index in [-0.39, 0.29) is 17.7 Å². The summed E-state index contributed by atoms with van der Waals surface area (Å²) in [4.78, 5) is 29.3. The van der Waals surface area contributed by atoms with Crippen LogP contribution in [0.25, 0.3) is 0 Å². The molecule has 1 aliphatic rings. The van der Waals surface area contributed by atoms with E-state index in [1.54, 1.807) is 61.5 Å². The summed E-state index contributed by atoms with van der Waals surface area (Å²) in [6.07, 6.45) is 0. The van der Waals surface area contributed by atoms with Gasteiger partial charge < -0.3 is 9.47 Å². The van der Waals surface area contributed by atoms with Crippen molar-refractivity contribution in [3.63, 3.8) is 0 Å². The summed E-state index contributed by atoms with van der Waals surface area (Å²) in [5.74, 6) is -2.43. The maximum absolute atomic E-state index is 15.9. The molecule has 0 spiro atoms. The molecular formula is C30H31BrCl2FNO4Si. The van der Waals surface area contributed by atoms with E-state index in [0.717, 1.165) is 6.04 Å². The van der Waals surface area contributed by atoms with Crippen molar-refractivity contribution in [1.82, 2.24) is 4.90 Å². The summed E-state index contributed by atoms with van der Waals surface area (Å²) in [5.41, 5.74) is -0.425. The lowest BCUT2D eigenvalue weighted by atomic mass is 9.88. The van der Waals surface area contributed by atoms with Gasteiger partial charge in [0.25, 0.3) is 5.91 Å². The number of methoxy groups -OCH3 is 1. The largest absolute Gasteiger partial charge is 0.466 e. The zero-order chi connectivity index (χ0) is 29.4. The molecule has 0 bridgehead atoms. The number of nitrogens with zero attached hydrogens (tertiary/aromatic N) is 1. The molecule has 0 radical (unpaired) electrons. The lowest BCUT2D eigenvalue weighted by Gasteiger charge is -2.44. The van der Waals surface area contributed by atoms with E-state index < -0.39 is 43.5 Å². The highest BCUT2D eigenvalue weighted by Gasteiger charge is 2.57. The third kappa shape index (κ3) is 5.88. The van der Waals surface area contributed by atoms with Crippen LogP contribution in [0.5, 0.6) is 0 Å². The van der Waals surface area contributed by atoms with Crippen molar-refractivity contribution >= 4 is 59.1 Å². The van der Waals surface area contributed by atoms with Crippen molar-refractivity contribution in [2.45, 2.75) is 44.4 Å². The van der Waals surface area contributed by atoms with Crippen molar-refractivity contribution < 1.29 is 23.5 Å². The molecule has 40 heavy (non-hydrogen) atoms. The molecule has 0 fully saturated rings. The number of hydrogen-bond acceptors (Lipinski definition) is 4. The average molecular weight is 667 g/mol. The van der Waals surface area contributed by atoms with Crippen molar-refractivity contribution in [1.29, 1.82) is 0 Å². The minimum absolute atomic E-state index is 0.0591. The van der Waals surface area contributed by atoms with Crippen molar-refractivity contribution in [2.24, 2.45) is 5.92 Å². The van der Waals surface area contributed by atoms with Gasteiger partial charge in [-0.2, -0.15) is 0 Å². The highest BCUT2D eigenvalue weighted by atomic mass is 79.9. The Bertz CT molecular complexity index is 1410. The van der Waals surface area contributed by atoms with Crippen molar-refractivity contribution in [3.05, 3.63) is 103 Å². The average Bonchev–Trinajstić information content (AvgIpc) is 3.13. The Morgan fingerprint density at radius 2 is 1.62 bits per heavy atom. The van der Waals surface area contributed by atoms with Gasteiger partial charge in [0.1, 0.15) is 5.82 Å². The van der Waals surface area contributed by atoms with Crippen LogP contribution in [-0.4, -0.2) is 38.6 Å². The second kappa shape index (κ2) is 11.9. The quantitative estimate of drug-likeness (QED) is 0.170. The number of esters is 1. The van der Waals surface area contributed by atoms with Crippen LogP contribution in [0, 0.1) is 11.7 Å². The maximum Gasteiger partial charge on any atom is 0.311 e. The Morgan fingerprint density at radius 1 is 1.05 bits per heavy atom. The molecule has 4 rings (SSSR count). The third-order valence-electron chi connectivity index (χ3n) is 7.14. The molecule has 3 aromatic rings. The summed E-state index contributed by atoms with van der Waals surface area (Å²) in [5, 5.41) is 0.963. The first-order valence-electron chi connectivity index (χ1n) is 12.9. The van der Waals surface area contributed by atoms with Gasteiger partial charge in [-0.25, -0.2) is 4.39 Å². The number of fused-ring (bicyclic) bond motifs is 1. The fourth-order valence-corrected chi connectivity index (χ4v) is 6.52. The predicted octanol–water partition coefficient (Wildman–Crippen LogP) is 8.46. The number of hydrogen-bond donors (Lipinski definition) is 0. The zero-order valence-corrected chi connectivity index (χ0v) is 27.0. The fraction of sp³-hybridized carbons (Fsp3) is 0.333. The van der Waals surface area contributed by atoms with Crippen molar-refractivity contribution in [3.8, 4) is 0 Å². The van der Waals surface area contributed by atoms with Crippen LogP contribution in [0.15, 0.2) is 65.1 Å². The number of benzene rings is 3. The molecule has 0 saturated carbocycles. The second-order valence-corrected chi connectivity index (χ2v) is 18.5. The first-order valence-corrected chi connectivity index (χ1v) is 18.1. The number of carbonyl (C=O) groups is 2. The minimum atomic E-state index is -1.71. The summed E-state index contributed by atoms with van der Waals surface area (Å²) in [6.45, 7) is 8.60. The standard InChI is InChI=1S/C30H31BrCl2FNO4Si/c1-18(29(37)39-14-15-40(3,4)5)27(19-6-10-22(32)11-7-19)35-28(36)24-16-21(31)17-25(34)26(24)30(35,38-2)20-8-12-23(33)13-9-20/h6-13,16-18,27H,14-15H2,1-5H3/t18-,27?,30+/m0/s1. The second-order valence-electron chi connectivity index (χ2n) is 11.1. The van der Waals surface area contributed by atoms with E-state index in [9.17, 15) is 9.59 Å². The van der Waals surface area contributed by atoms with Crippen molar-refractivity contribution in [2.75, 3.05) is 13.7 Å². The molecule has 1 amide bonds. The lowest BCUT2D eigenvalue weighted by molar-refractivity contribution is -0.155. The van der Waals surface area contributed by atoms with Gasteiger partial charge >= 0.3 is 5.97 Å². The Kier molecular flexibility index (Phi) is 9.17. The molecule has 5 nitrogen and oxygen atoms in total. The molecule has 3 atom stereocenters. The predicted molar refractivity (Wildman–Crippen MR) is 162 cm³/mol. The van der Waals surface area contributed by atoms with Crippen LogP contribution in [0.3, 0.4) is 0 Å². The first kappa shape index (κ1) is 30.7. The molecule has 0 saturated heterocycles. The fourth-order valence-electron chi connectivity index (χ4n) is 5.12. The van der Waals surface area contributed by atoms with E-state index >= 15 is 4.39 Å². The number of rotatable bonds is 9. The highest BCUT2D eigenvalue weighted by Crippen LogP contribution is 2.52. The topological polar surface area (TPSA) is 55.8 Å². The zero-order valence-electron chi connectivity index (χ0n) is 22.9. The van der Waals surface area contributed by atoms with Crippen LogP contribution in [0.4, 0.5) is 4.39 Å². The molecule has 212 valence electrons. The lowest BCUT2D eigenvalue weighted by Crippen LogP contribution is -2.51. The Morgan fingerprint density at radius 3 is 2.17 bits per heavy atom. The van der Waals surface area contributed by atoms with Crippen LogP contribution in [0.1, 0.15) is 40.0 Å². The molecule has 1 aliphatic heterocycles. The van der Waals surface area contributed by atoms with Crippen LogP contribution in [-0.2, 0) is 20.0 Å². The van der Waals surface area contributed by atoms with Gasteiger partial charge in [0.05, 0.1) is 29.7 Å². The van der Waals surface area contributed by atoms with E-state index in [4.69, 9.17) is 32.7 Å². The molecular weight excluding hydrogens is 636 g/mol.